The number of unbranched alkanes of at least 4 members (excludes halogenated alkanes) is 1. The van der Waals surface area contributed by atoms with E-state index in [1.54, 1.807) is 0 Å². The molecule has 21 heavy (non-hydrogen) atoms. The largest absolute Gasteiger partial charge is 0.478 e. The Labute approximate surface area is 125 Å². The molecule has 1 heterocycles. The Bertz CT molecular complexity index is 648. The number of carbonyl (C=O) groups is 1. The summed E-state index contributed by atoms with van der Waals surface area (Å²) in [5.41, 5.74) is 5.53. The lowest BCUT2D eigenvalue weighted by Gasteiger charge is -2.15. The van der Waals surface area contributed by atoms with Crippen molar-refractivity contribution in [3.8, 4) is 5.69 Å². The highest BCUT2D eigenvalue weighted by Gasteiger charge is 2.19. The molecule has 1 N–H and O–H groups in total. The molecule has 0 saturated carbocycles. The van der Waals surface area contributed by atoms with Crippen LogP contribution in [0.25, 0.3) is 5.69 Å². The molecule has 1 aromatic heterocycles. The van der Waals surface area contributed by atoms with Gasteiger partial charge in [0.05, 0.1) is 17.6 Å². The molecule has 4 heteroatoms. The summed E-state index contributed by atoms with van der Waals surface area (Å²) in [5.74, 6) is -0.908. The van der Waals surface area contributed by atoms with E-state index in [1.807, 2.05) is 18.5 Å². The first-order valence-electron chi connectivity index (χ1n) is 7.34. The topological polar surface area (TPSA) is 55.1 Å². The fraction of sp³-hybridized carbons (Fsp3) is 0.412. The van der Waals surface area contributed by atoms with Crippen LogP contribution in [0.3, 0.4) is 0 Å². The SMILES string of the molecule is CCCCc1c(C(=O)O)cnn1-c1c(C)cc(C)cc1C. The van der Waals surface area contributed by atoms with E-state index in [2.05, 4.69) is 31.1 Å². The lowest BCUT2D eigenvalue weighted by atomic mass is 10.0. The second kappa shape index (κ2) is 6.12. The highest BCUT2D eigenvalue weighted by atomic mass is 16.4. The lowest BCUT2D eigenvalue weighted by Crippen LogP contribution is -2.09. The van der Waals surface area contributed by atoms with E-state index < -0.39 is 5.97 Å². The first-order valence-corrected chi connectivity index (χ1v) is 7.34. The van der Waals surface area contributed by atoms with Crippen LogP contribution < -0.4 is 0 Å². The number of hydrogen-bond donors (Lipinski definition) is 1. The van der Waals surface area contributed by atoms with Gasteiger partial charge in [-0.05, 0) is 44.7 Å². The van der Waals surface area contributed by atoms with Gasteiger partial charge in [-0.2, -0.15) is 5.10 Å². The Morgan fingerprint density at radius 2 is 1.86 bits per heavy atom. The predicted octanol–water partition coefficient (Wildman–Crippen LogP) is 3.84. The minimum Gasteiger partial charge on any atom is -0.478 e. The van der Waals surface area contributed by atoms with E-state index in [1.165, 1.54) is 11.8 Å². The third kappa shape index (κ3) is 2.99. The fourth-order valence-electron chi connectivity index (χ4n) is 2.84. The summed E-state index contributed by atoms with van der Waals surface area (Å²) in [6.07, 6.45) is 4.17. The van der Waals surface area contributed by atoms with Crippen molar-refractivity contribution in [2.24, 2.45) is 0 Å². The Balaban J connectivity index is 2.61. The summed E-state index contributed by atoms with van der Waals surface area (Å²) in [4.78, 5) is 11.4. The van der Waals surface area contributed by atoms with Gasteiger partial charge in [-0.25, -0.2) is 9.48 Å². The van der Waals surface area contributed by atoms with Crippen LogP contribution in [0.5, 0.6) is 0 Å². The Kier molecular flexibility index (Phi) is 4.46. The van der Waals surface area contributed by atoms with Gasteiger partial charge in [0, 0.05) is 0 Å². The molecule has 112 valence electrons. The van der Waals surface area contributed by atoms with Crippen molar-refractivity contribution in [1.82, 2.24) is 9.78 Å². The van der Waals surface area contributed by atoms with E-state index in [9.17, 15) is 9.90 Å². The second-order valence-corrected chi connectivity index (χ2v) is 5.57. The highest BCUT2D eigenvalue weighted by Crippen LogP contribution is 2.24. The van der Waals surface area contributed by atoms with Gasteiger partial charge in [-0.1, -0.05) is 31.0 Å². The van der Waals surface area contributed by atoms with Gasteiger partial charge in [0.15, 0.2) is 0 Å². The zero-order valence-corrected chi connectivity index (χ0v) is 13.1. The summed E-state index contributed by atoms with van der Waals surface area (Å²) >= 11 is 0. The molecule has 2 aromatic rings. The lowest BCUT2D eigenvalue weighted by molar-refractivity contribution is 0.0695. The van der Waals surface area contributed by atoms with Crippen LogP contribution in [0.15, 0.2) is 18.3 Å². The van der Waals surface area contributed by atoms with Crippen molar-refractivity contribution in [3.63, 3.8) is 0 Å². The summed E-state index contributed by atoms with van der Waals surface area (Å²) in [6, 6.07) is 4.21. The number of hydrogen-bond acceptors (Lipinski definition) is 2. The molecular formula is C17H22N2O2. The minimum atomic E-state index is -0.908. The highest BCUT2D eigenvalue weighted by molar-refractivity contribution is 5.88. The summed E-state index contributed by atoms with van der Waals surface area (Å²) in [7, 11) is 0. The van der Waals surface area contributed by atoms with Crippen molar-refractivity contribution < 1.29 is 9.90 Å². The molecule has 0 atom stereocenters. The van der Waals surface area contributed by atoms with Gasteiger partial charge >= 0.3 is 5.97 Å². The van der Waals surface area contributed by atoms with Crippen LogP contribution >= 0.6 is 0 Å². The van der Waals surface area contributed by atoms with Gasteiger partial charge in [0.25, 0.3) is 0 Å². The van der Waals surface area contributed by atoms with Crippen LogP contribution in [-0.2, 0) is 6.42 Å². The quantitative estimate of drug-likeness (QED) is 0.908. The number of aromatic nitrogens is 2. The number of rotatable bonds is 5. The summed E-state index contributed by atoms with van der Waals surface area (Å²) < 4.78 is 1.81. The molecule has 0 unspecified atom stereocenters. The van der Waals surface area contributed by atoms with E-state index in [-0.39, 0.29) is 0 Å². The molecule has 0 aliphatic heterocycles. The number of aromatic carboxylic acids is 1. The first-order chi connectivity index (χ1) is 9.95. The number of carboxylic acids is 1. The van der Waals surface area contributed by atoms with Crippen molar-refractivity contribution in [2.75, 3.05) is 0 Å². The Morgan fingerprint density at radius 1 is 1.24 bits per heavy atom. The normalized spacial score (nSPS) is 10.9. The predicted molar refractivity (Wildman–Crippen MR) is 83.3 cm³/mol. The number of benzene rings is 1. The van der Waals surface area contributed by atoms with Gasteiger partial charge in [-0.15, -0.1) is 0 Å². The van der Waals surface area contributed by atoms with Crippen LogP contribution in [0, 0.1) is 20.8 Å². The zero-order valence-electron chi connectivity index (χ0n) is 13.1. The van der Waals surface area contributed by atoms with E-state index >= 15 is 0 Å². The van der Waals surface area contributed by atoms with E-state index in [0.29, 0.717) is 5.56 Å². The average molecular weight is 286 g/mol. The maximum absolute atomic E-state index is 11.4. The van der Waals surface area contributed by atoms with Crippen molar-refractivity contribution >= 4 is 5.97 Å². The maximum Gasteiger partial charge on any atom is 0.339 e. The average Bonchev–Trinajstić information content (AvgIpc) is 2.79. The van der Waals surface area contributed by atoms with Crippen LogP contribution in [0.4, 0.5) is 0 Å². The fourth-order valence-corrected chi connectivity index (χ4v) is 2.84. The third-order valence-corrected chi connectivity index (χ3v) is 3.71. The number of carboxylic acid groups (broad SMARTS) is 1. The van der Waals surface area contributed by atoms with Crippen LogP contribution in [-0.4, -0.2) is 20.9 Å². The zero-order chi connectivity index (χ0) is 15.6. The molecule has 0 radical (unpaired) electrons. The van der Waals surface area contributed by atoms with Gasteiger partial charge in [0.2, 0.25) is 0 Å². The Morgan fingerprint density at radius 3 is 2.38 bits per heavy atom. The second-order valence-electron chi connectivity index (χ2n) is 5.57. The standard InChI is InChI=1S/C17H22N2O2/c1-5-6-7-15-14(17(20)21)10-18-19(15)16-12(3)8-11(2)9-13(16)4/h8-10H,5-7H2,1-4H3,(H,20,21). The van der Waals surface area contributed by atoms with Gasteiger partial charge in [0.1, 0.15) is 5.56 Å². The first kappa shape index (κ1) is 15.3. The summed E-state index contributed by atoms with van der Waals surface area (Å²) in [5, 5.41) is 13.7. The molecule has 0 saturated heterocycles. The van der Waals surface area contributed by atoms with Crippen molar-refractivity contribution in [3.05, 3.63) is 46.3 Å². The maximum atomic E-state index is 11.4. The molecule has 1 aromatic carbocycles. The molecule has 0 bridgehead atoms. The monoisotopic (exact) mass is 286 g/mol. The van der Waals surface area contributed by atoms with Crippen molar-refractivity contribution in [1.29, 1.82) is 0 Å². The molecule has 0 aliphatic rings. The van der Waals surface area contributed by atoms with E-state index in [0.717, 1.165) is 41.8 Å². The van der Waals surface area contributed by atoms with Crippen LogP contribution in [0.2, 0.25) is 0 Å². The van der Waals surface area contributed by atoms with Gasteiger partial charge in [-0.3, -0.25) is 0 Å². The molecule has 0 spiro atoms. The number of aryl methyl sites for hydroxylation is 3. The van der Waals surface area contributed by atoms with E-state index in [4.69, 9.17) is 0 Å². The van der Waals surface area contributed by atoms with Gasteiger partial charge < -0.3 is 5.11 Å². The molecule has 0 fully saturated rings. The molecule has 4 nitrogen and oxygen atoms in total. The molecule has 0 amide bonds. The third-order valence-electron chi connectivity index (χ3n) is 3.71. The van der Waals surface area contributed by atoms with Crippen LogP contribution in [0.1, 0.15) is 52.5 Å². The van der Waals surface area contributed by atoms with Crippen molar-refractivity contribution in [2.45, 2.75) is 47.0 Å². The summed E-state index contributed by atoms with van der Waals surface area (Å²) in [6.45, 7) is 8.25. The molecule has 0 aliphatic carbocycles. The number of nitrogens with zero attached hydrogens (tertiary/aromatic N) is 2. The molecular weight excluding hydrogens is 264 g/mol. The Hall–Kier alpha value is -2.10. The smallest absolute Gasteiger partial charge is 0.339 e. The molecule has 2 rings (SSSR count). The minimum absolute atomic E-state index is 0.308.